The summed E-state index contributed by atoms with van der Waals surface area (Å²) >= 11 is 6.39. The molecule has 1 saturated carbocycles. The average Bonchev–Trinajstić information content (AvgIpc) is 2.20. The van der Waals surface area contributed by atoms with Gasteiger partial charge in [-0.15, -0.1) is 11.6 Å². The molecular weight excluding hydrogens is 208 g/mol. The van der Waals surface area contributed by atoms with E-state index in [4.69, 9.17) is 16.3 Å². The number of rotatable bonds is 5. The van der Waals surface area contributed by atoms with Gasteiger partial charge in [0.05, 0.1) is 0 Å². The molecule has 0 bridgehead atoms. The van der Waals surface area contributed by atoms with Gasteiger partial charge in [0.15, 0.2) is 0 Å². The van der Waals surface area contributed by atoms with Crippen molar-refractivity contribution in [1.29, 1.82) is 0 Å². The van der Waals surface area contributed by atoms with Crippen molar-refractivity contribution in [3.63, 3.8) is 0 Å². The van der Waals surface area contributed by atoms with E-state index in [-0.39, 0.29) is 0 Å². The zero-order valence-corrected chi connectivity index (χ0v) is 11.1. The highest BCUT2D eigenvalue weighted by atomic mass is 35.5. The summed E-state index contributed by atoms with van der Waals surface area (Å²) < 4.78 is 5.10. The first-order valence-corrected chi connectivity index (χ1v) is 6.71. The molecule has 1 fully saturated rings. The third-order valence-corrected chi connectivity index (χ3v) is 4.37. The van der Waals surface area contributed by atoms with E-state index in [9.17, 15) is 0 Å². The van der Waals surface area contributed by atoms with Crippen molar-refractivity contribution in [3.8, 4) is 0 Å². The van der Waals surface area contributed by atoms with Gasteiger partial charge < -0.3 is 4.74 Å². The van der Waals surface area contributed by atoms with Crippen molar-refractivity contribution in [1.82, 2.24) is 0 Å². The summed E-state index contributed by atoms with van der Waals surface area (Å²) in [4.78, 5) is 0. The van der Waals surface area contributed by atoms with Gasteiger partial charge in [0, 0.05) is 19.1 Å². The second-order valence-electron chi connectivity index (χ2n) is 5.23. The molecule has 0 N–H and O–H groups in total. The number of halogens is 1. The molecule has 2 heteroatoms. The lowest BCUT2D eigenvalue weighted by Crippen LogP contribution is -2.28. The number of alkyl halides is 1. The SMILES string of the molecule is COCCCC1CC(C(C)C)CCC1Cl. The van der Waals surface area contributed by atoms with Crippen LogP contribution < -0.4 is 0 Å². The normalized spacial score (nSPS) is 32.2. The van der Waals surface area contributed by atoms with Crippen molar-refractivity contribution < 1.29 is 4.74 Å². The average molecular weight is 233 g/mol. The lowest BCUT2D eigenvalue weighted by Gasteiger charge is -2.35. The minimum atomic E-state index is 0.414. The predicted octanol–water partition coefficient (Wildman–Crippen LogP) is 4.09. The molecule has 0 aromatic heterocycles. The molecule has 90 valence electrons. The third kappa shape index (κ3) is 4.32. The molecule has 0 heterocycles. The lowest BCUT2D eigenvalue weighted by molar-refractivity contribution is 0.166. The zero-order valence-electron chi connectivity index (χ0n) is 10.3. The van der Waals surface area contributed by atoms with Crippen LogP contribution in [-0.2, 0) is 4.74 Å². The Bertz CT molecular complexity index is 170. The summed E-state index contributed by atoms with van der Waals surface area (Å²) in [5.41, 5.74) is 0. The summed E-state index contributed by atoms with van der Waals surface area (Å²) in [5.74, 6) is 2.44. The Morgan fingerprint density at radius 3 is 2.67 bits per heavy atom. The standard InChI is InChI=1S/C13H25ClO/c1-10(2)11-6-7-13(14)12(9-11)5-4-8-15-3/h10-13H,4-9H2,1-3H3. The van der Waals surface area contributed by atoms with Crippen LogP contribution in [0.15, 0.2) is 0 Å². The topological polar surface area (TPSA) is 9.23 Å². The summed E-state index contributed by atoms with van der Waals surface area (Å²) in [6.45, 7) is 5.56. The molecule has 1 aliphatic rings. The van der Waals surface area contributed by atoms with Crippen LogP contribution in [0.3, 0.4) is 0 Å². The first kappa shape index (κ1) is 13.3. The van der Waals surface area contributed by atoms with Crippen molar-refractivity contribution >= 4 is 11.6 Å². The fourth-order valence-electron chi connectivity index (χ4n) is 2.66. The minimum absolute atomic E-state index is 0.414. The largest absolute Gasteiger partial charge is 0.385 e. The van der Waals surface area contributed by atoms with Gasteiger partial charge in [-0.3, -0.25) is 0 Å². The van der Waals surface area contributed by atoms with Gasteiger partial charge in [0.1, 0.15) is 0 Å². The molecule has 3 unspecified atom stereocenters. The molecule has 0 radical (unpaired) electrons. The van der Waals surface area contributed by atoms with E-state index < -0.39 is 0 Å². The highest BCUT2D eigenvalue weighted by Gasteiger charge is 2.29. The Hall–Kier alpha value is 0.250. The molecule has 1 aliphatic carbocycles. The third-order valence-electron chi connectivity index (χ3n) is 3.80. The summed E-state index contributed by atoms with van der Waals surface area (Å²) in [7, 11) is 1.77. The van der Waals surface area contributed by atoms with Crippen molar-refractivity contribution in [2.24, 2.45) is 17.8 Å². The second-order valence-corrected chi connectivity index (χ2v) is 5.79. The van der Waals surface area contributed by atoms with Crippen LogP contribution in [-0.4, -0.2) is 19.1 Å². The van der Waals surface area contributed by atoms with Gasteiger partial charge in [-0.1, -0.05) is 13.8 Å². The fourth-order valence-corrected chi connectivity index (χ4v) is 3.01. The van der Waals surface area contributed by atoms with E-state index in [1.807, 2.05) is 0 Å². The number of hydrogen-bond acceptors (Lipinski definition) is 1. The Kier molecular flexibility index (Phi) is 5.99. The molecule has 1 rings (SSSR count). The molecule has 15 heavy (non-hydrogen) atoms. The number of hydrogen-bond donors (Lipinski definition) is 0. The molecule has 0 aliphatic heterocycles. The van der Waals surface area contributed by atoms with Crippen LogP contribution in [0.25, 0.3) is 0 Å². The van der Waals surface area contributed by atoms with Crippen LogP contribution in [0, 0.1) is 17.8 Å². The van der Waals surface area contributed by atoms with Gasteiger partial charge in [-0.2, -0.15) is 0 Å². The Labute approximate surface area is 99.5 Å². The quantitative estimate of drug-likeness (QED) is 0.513. The first-order chi connectivity index (χ1) is 7.15. The predicted molar refractivity (Wildman–Crippen MR) is 66.4 cm³/mol. The van der Waals surface area contributed by atoms with Crippen LogP contribution in [0.2, 0.25) is 0 Å². The van der Waals surface area contributed by atoms with Gasteiger partial charge in [-0.05, 0) is 49.9 Å². The fraction of sp³-hybridized carbons (Fsp3) is 1.00. The van der Waals surface area contributed by atoms with E-state index in [2.05, 4.69) is 13.8 Å². The van der Waals surface area contributed by atoms with Gasteiger partial charge in [0.2, 0.25) is 0 Å². The first-order valence-electron chi connectivity index (χ1n) is 6.28. The van der Waals surface area contributed by atoms with Crippen molar-refractivity contribution in [3.05, 3.63) is 0 Å². The maximum Gasteiger partial charge on any atom is 0.0462 e. The molecule has 0 aromatic rings. The molecule has 0 aromatic carbocycles. The van der Waals surface area contributed by atoms with Gasteiger partial charge >= 0.3 is 0 Å². The number of ether oxygens (including phenoxy) is 1. The minimum Gasteiger partial charge on any atom is -0.385 e. The van der Waals surface area contributed by atoms with Crippen LogP contribution in [0.4, 0.5) is 0 Å². The van der Waals surface area contributed by atoms with Crippen molar-refractivity contribution in [2.45, 2.75) is 51.3 Å². The van der Waals surface area contributed by atoms with E-state index in [1.165, 1.54) is 25.7 Å². The van der Waals surface area contributed by atoms with Crippen LogP contribution in [0.5, 0.6) is 0 Å². The smallest absolute Gasteiger partial charge is 0.0462 e. The molecule has 1 nitrogen and oxygen atoms in total. The monoisotopic (exact) mass is 232 g/mol. The molecule has 3 atom stereocenters. The molecule has 0 spiro atoms. The summed E-state index contributed by atoms with van der Waals surface area (Å²) in [6, 6.07) is 0. The molecule has 0 saturated heterocycles. The Morgan fingerprint density at radius 2 is 2.07 bits per heavy atom. The Morgan fingerprint density at radius 1 is 1.33 bits per heavy atom. The van der Waals surface area contributed by atoms with Crippen LogP contribution in [0.1, 0.15) is 46.0 Å². The van der Waals surface area contributed by atoms with Crippen LogP contribution >= 0.6 is 11.6 Å². The Balaban J connectivity index is 2.32. The lowest BCUT2D eigenvalue weighted by atomic mass is 9.74. The molecule has 0 amide bonds. The second kappa shape index (κ2) is 6.75. The van der Waals surface area contributed by atoms with Gasteiger partial charge in [-0.25, -0.2) is 0 Å². The van der Waals surface area contributed by atoms with E-state index in [0.717, 1.165) is 30.8 Å². The van der Waals surface area contributed by atoms with Crippen molar-refractivity contribution in [2.75, 3.05) is 13.7 Å². The maximum atomic E-state index is 6.39. The van der Waals surface area contributed by atoms with E-state index >= 15 is 0 Å². The maximum absolute atomic E-state index is 6.39. The highest BCUT2D eigenvalue weighted by molar-refractivity contribution is 6.20. The van der Waals surface area contributed by atoms with Gasteiger partial charge in [0.25, 0.3) is 0 Å². The summed E-state index contributed by atoms with van der Waals surface area (Å²) in [5, 5.41) is 0.414. The van der Waals surface area contributed by atoms with E-state index in [1.54, 1.807) is 7.11 Å². The highest BCUT2D eigenvalue weighted by Crippen LogP contribution is 2.38. The summed E-state index contributed by atoms with van der Waals surface area (Å²) in [6.07, 6.45) is 6.27. The van der Waals surface area contributed by atoms with E-state index in [0.29, 0.717) is 5.38 Å². The zero-order chi connectivity index (χ0) is 11.3. The number of methoxy groups -OCH3 is 1. The molecular formula is C13H25ClO.